The van der Waals surface area contributed by atoms with E-state index in [9.17, 15) is 18.0 Å². The van der Waals surface area contributed by atoms with Gasteiger partial charge in [-0.1, -0.05) is 6.92 Å². The maximum absolute atomic E-state index is 11.9. The van der Waals surface area contributed by atoms with Gasteiger partial charge in [-0.2, -0.15) is 0 Å². The van der Waals surface area contributed by atoms with E-state index in [0.717, 1.165) is 0 Å². The van der Waals surface area contributed by atoms with Crippen molar-refractivity contribution in [2.75, 3.05) is 6.54 Å². The molecule has 0 aromatic carbocycles. The molecule has 0 aliphatic carbocycles. The van der Waals surface area contributed by atoms with Crippen molar-refractivity contribution in [1.82, 2.24) is 4.90 Å². The van der Waals surface area contributed by atoms with Crippen molar-refractivity contribution >= 4 is 18.3 Å². The molecule has 4 nitrogen and oxygen atoms in total. The largest absolute Gasteiger partial charge is 0.522 e. The molecule has 0 aromatic rings. The second-order valence-electron chi connectivity index (χ2n) is 3.85. The van der Waals surface area contributed by atoms with Gasteiger partial charge in [-0.15, -0.1) is 25.6 Å². The van der Waals surface area contributed by atoms with Crippen molar-refractivity contribution < 1.29 is 22.7 Å². The molecule has 0 spiro atoms. The third-order valence-electron chi connectivity index (χ3n) is 2.73. The fourth-order valence-corrected chi connectivity index (χ4v) is 1.56. The zero-order valence-electron chi connectivity index (χ0n) is 9.53. The molecular formula is C9H16ClF3N2O2. The standard InChI is InChI=1S/C9H15F3N2O2.ClH/c1-3-6(13)8(15)14-4-7(5(14)2)16-9(10,11)12;/h5-7H,3-4,13H2,1-2H3;1H/t5-,6+,7-;/m0./s1. The molecule has 1 fully saturated rings. The summed E-state index contributed by atoms with van der Waals surface area (Å²) in [4.78, 5) is 12.9. The quantitative estimate of drug-likeness (QED) is 0.845. The Morgan fingerprint density at radius 3 is 2.47 bits per heavy atom. The van der Waals surface area contributed by atoms with Gasteiger partial charge in [0.15, 0.2) is 0 Å². The summed E-state index contributed by atoms with van der Waals surface area (Å²) in [6.45, 7) is 3.21. The molecule has 1 aliphatic rings. The molecule has 1 heterocycles. The smallest absolute Gasteiger partial charge is 0.333 e. The number of carbonyl (C=O) groups is 1. The first kappa shape index (κ1) is 16.5. The van der Waals surface area contributed by atoms with Crippen LogP contribution in [0.3, 0.4) is 0 Å². The van der Waals surface area contributed by atoms with Gasteiger partial charge in [-0.3, -0.25) is 9.53 Å². The van der Waals surface area contributed by atoms with E-state index in [1.165, 1.54) is 11.8 Å². The van der Waals surface area contributed by atoms with E-state index in [4.69, 9.17) is 5.73 Å². The van der Waals surface area contributed by atoms with Crippen LogP contribution in [0.4, 0.5) is 13.2 Å². The van der Waals surface area contributed by atoms with Crippen molar-refractivity contribution in [3.63, 3.8) is 0 Å². The van der Waals surface area contributed by atoms with Crippen LogP contribution in [0.5, 0.6) is 0 Å². The van der Waals surface area contributed by atoms with Crippen molar-refractivity contribution in [2.45, 2.75) is 44.8 Å². The fourth-order valence-electron chi connectivity index (χ4n) is 1.56. The SMILES string of the molecule is CC[C@@H](N)C(=O)N1C[C@H](OC(F)(F)F)[C@@H]1C.Cl. The van der Waals surface area contributed by atoms with E-state index in [0.29, 0.717) is 6.42 Å². The minimum atomic E-state index is -4.65. The van der Waals surface area contributed by atoms with Crippen LogP contribution in [0.15, 0.2) is 0 Å². The number of likely N-dealkylation sites (tertiary alicyclic amines) is 1. The van der Waals surface area contributed by atoms with Crippen LogP contribution in [0, 0.1) is 0 Å². The second-order valence-corrected chi connectivity index (χ2v) is 3.85. The number of carbonyl (C=O) groups excluding carboxylic acids is 1. The number of hydrogen-bond acceptors (Lipinski definition) is 3. The minimum Gasteiger partial charge on any atom is -0.333 e. The first-order chi connectivity index (χ1) is 7.26. The summed E-state index contributed by atoms with van der Waals surface area (Å²) >= 11 is 0. The molecule has 1 saturated heterocycles. The van der Waals surface area contributed by atoms with Crippen LogP contribution in [-0.2, 0) is 9.53 Å². The van der Waals surface area contributed by atoms with Crippen molar-refractivity contribution in [3.8, 4) is 0 Å². The van der Waals surface area contributed by atoms with E-state index in [1.54, 1.807) is 6.92 Å². The molecule has 102 valence electrons. The number of nitrogens with two attached hydrogens (primary N) is 1. The predicted octanol–water partition coefficient (Wildman–Crippen LogP) is 1.28. The summed E-state index contributed by atoms with van der Waals surface area (Å²) in [6, 6.07) is -1.22. The fraction of sp³-hybridized carbons (Fsp3) is 0.889. The topological polar surface area (TPSA) is 55.6 Å². The first-order valence-electron chi connectivity index (χ1n) is 5.07. The van der Waals surface area contributed by atoms with Gasteiger partial charge < -0.3 is 10.6 Å². The Balaban J connectivity index is 0.00000256. The average Bonchev–Trinajstić information content (AvgIpc) is 2.19. The highest BCUT2D eigenvalue weighted by atomic mass is 35.5. The maximum atomic E-state index is 11.9. The highest BCUT2D eigenvalue weighted by Gasteiger charge is 2.46. The lowest BCUT2D eigenvalue weighted by Crippen LogP contribution is -2.65. The van der Waals surface area contributed by atoms with Gasteiger partial charge in [0.1, 0.15) is 6.10 Å². The summed E-state index contributed by atoms with van der Waals surface area (Å²) < 4.78 is 39.6. The van der Waals surface area contributed by atoms with E-state index in [2.05, 4.69) is 4.74 Å². The summed E-state index contributed by atoms with van der Waals surface area (Å²) in [5, 5.41) is 0. The lowest BCUT2D eigenvalue weighted by molar-refractivity contribution is -0.359. The Labute approximate surface area is 104 Å². The Morgan fingerprint density at radius 1 is 1.59 bits per heavy atom. The number of halogens is 4. The normalized spacial score (nSPS) is 25.9. The second kappa shape index (κ2) is 5.88. The van der Waals surface area contributed by atoms with Crippen molar-refractivity contribution in [1.29, 1.82) is 0 Å². The van der Waals surface area contributed by atoms with Crippen LogP contribution in [0.2, 0.25) is 0 Å². The molecule has 1 amide bonds. The molecule has 0 aromatic heterocycles. The molecule has 3 atom stereocenters. The van der Waals surface area contributed by atoms with Gasteiger partial charge >= 0.3 is 6.36 Å². The van der Waals surface area contributed by atoms with E-state index in [1.807, 2.05) is 0 Å². The molecule has 2 N–H and O–H groups in total. The molecule has 1 rings (SSSR count). The average molecular weight is 277 g/mol. The van der Waals surface area contributed by atoms with Gasteiger partial charge in [-0.05, 0) is 13.3 Å². The van der Waals surface area contributed by atoms with Crippen LogP contribution in [0.25, 0.3) is 0 Å². The number of hydrogen-bond donors (Lipinski definition) is 1. The van der Waals surface area contributed by atoms with Gasteiger partial charge in [0.2, 0.25) is 5.91 Å². The van der Waals surface area contributed by atoms with Gasteiger partial charge in [0, 0.05) is 6.54 Å². The summed E-state index contributed by atoms with van der Waals surface area (Å²) in [5.41, 5.74) is 5.51. The van der Waals surface area contributed by atoms with Gasteiger partial charge in [-0.25, -0.2) is 0 Å². The molecular weight excluding hydrogens is 261 g/mol. The number of alkyl halides is 3. The molecule has 17 heavy (non-hydrogen) atoms. The third kappa shape index (κ3) is 4.01. The van der Waals surface area contributed by atoms with Crippen LogP contribution < -0.4 is 5.73 Å². The first-order valence-corrected chi connectivity index (χ1v) is 5.07. The predicted molar refractivity (Wildman–Crippen MR) is 57.6 cm³/mol. The zero-order valence-corrected chi connectivity index (χ0v) is 10.3. The molecule has 8 heteroatoms. The molecule has 0 saturated carbocycles. The van der Waals surface area contributed by atoms with E-state index >= 15 is 0 Å². The monoisotopic (exact) mass is 276 g/mol. The number of ether oxygens (including phenoxy) is 1. The number of amides is 1. The molecule has 0 bridgehead atoms. The lowest BCUT2D eigenvalue weighted by Gasteiger charge is -2.46. The van der Waals surface area contributed by atoms with Crippen LogP contribution in [-0.4, -0.2) is 41.9 Å². The minimum absolute atomic E-state index is 0. The Morgan fingerprint density at radius 2 is 2.12 bits per heavy atom. The molecule has 1 aliphatic heterocycles. The highest BCUT2D eigenvalue weighted by Crippen LogP contribution is 2.28. The summed E-state index contributed by atoms with van der Waals surface area (Å²) in [7, 11) is 0. The molecule has 0 unspecified atom stereocenters. The number of rotatable bonds is 3. The maximum Gasteiger partial charge on any atom is 0.522 e. The van der Waals surface area contributed by atoms with Crippen LogP contribution in [0.1, 0.15) is 20.3 Å². The third-order valence-corrected chi connectivity index (χ3v) is 2.73. The van der Waals surface area contributed by atoms with Crippen LogP contribution >= 0.6 is 12.4 Å². The Kier molecular flexibility index (Phi) is 5.70. The van der Waals surface area contributed by atoms with Crippen molar-refractivity contribution in [3.05, 3.63) is 0 Å². The van der Waals surface area contributed by atoms with Crippen molar-refractivity contribution in [2.24, 2.45) is 5.73 Å². The Bertz CT molecular complexity index is 275. The highest BCUT2D eigenvalue weighted by molar-refractivity contribution is 5.85. The lowest BCUT2D eigenvalue weighted by atomic mass is 9.99. The summed E-state index contributed by atoms with van der Waals surface area (Å²) in [5.74, 6) is -0.322. The van der Waals surface area contributed by atoms with E-state index < -0.39 is 24.6 Å². The summed E-state index contributed by atoms with van der Waals surface area (Å²) in [6.07, 6.45) is -5.17. The Hall–Kier alpha value is -0.530. The molecule has 0 radical (unpaired) electrons. The van der Waals surface area contributed by atoms with Gasteiger partial charge in [0.05, 0.1) is 12.1 Å². The van der Waals surface area contributed by atoms with E-state index in [-0.39, 0.29) is 24.9 Å². The zero-order chi connectivity index (χ0) is 12.5. The van der Waals surface area contributed by atoms with Gasteiger partial charge in [0.25, 0.3) is 0 Å². The number of nitrogens with zero attached hydrogens (tertiary/aromatic N) is 1.